The Labute approximate surface area is 92.5 Å². The van der Waals surface area contributed by atoms with Crippen LogP contribution in [0.2, 0.25) is 10.4 Å². The van der Waals surface area contributed by atoms with Gasteiger partial charge in [-0.2, -0.15) is 0 Å². The Morgan fingerprint density at radius 3 is 2.69 bits per heavy atom. The average molecular weight is 252 g/mol. The molecule has 0 fully saturated rings. The maximum atomic E-state index is 5.83. The number of thioether (sulfide) groups is 1. The predicted molar refractivity (Wildman–Crippen MR) is 57.0 cm³/mol. The number of halogens is 2. The first kappa shape index (κ1) is 9.45. The molecule has 0 atom stereocenters. The van der Waals surface area contributed by atoms with Crippen LogP contribution >= 0.6 is 46.3 Å². The van der Waals surface area contributed by atoms with E-state index in [1.165, 1.54) is 11.3 Å². The number of rotatable bonds is 1. The molecule has 68 valence electrons. The van der Waals surface area contributed by atoms with Crippen molar-refractivity contribution < 1.29 is 0 Å². The molecule has 7 heteroatoms. The van der Waals surface area contributed by atoms with Gasteiger partial charge in [0.2, 0.25) is 5.28 Å². The van der Waals surface area contributed by atoms with Crippen molar-refractivity contribution in [1.82, 2.24) is 15.0 Å². The molecule has 2 heterocycles. The minimum absolute atomic E-state index is 0.161. The van der Waals surface area contributed by atoms with Crippen molar-refractivity contribution in [2.75, 3.05) is 6.26 Å². The molecule has 0 amide bonds. The highest BCUT2D eigenvalue weighted by Gasteiger charge is 2.10. The SMILES string of the molecule is CSc1nc2c(Cl)nc(Cl)nc2s1. The second-order valence-electron chi connectivity index (χ2n) is 2.12. The Bertz CT molecular complexity index is 456. The topological polar surface area (TPSA) is 38.7 Å². The molecule has 0 aliphatic carbocycles. The van der Waals surface area contributed by atoms with Crippen molar-refractivity contribution in [3.05, 3.63) is 10.4 Å². The normalized spacial score (nSPS) is 11.0. The zero-order valence-electron chi connectivity index (χ0n) is 6.41. The Balaban J connectivity index is 2.75. The fraction of sp³-hybridized carbons (Fsp3) is 0.167. The molecule has 0 aliphatic rings. The van der Waals surface area contributed by atoms with E-state index in [1.54, 1.807) is 11.8 Å². The van der Waals surface area contributed by atoms with Crippen LogP contribution in [0.3, 0.4) is 0 Å². The van der Waals surface area contributed by atoms with Crippen molar-refractivity contribution in [2.24, 2.45) is 0 Å². The van der Waals surface area contributed by atoms with Gasteiger partial charge in [-0.1, -0.05) is 34.7 Å². The van der Waals surface area contributed by atoms with Gasteiger partial charge in [0.15, 0.2) is 14.3 Å². The number of hydrogen-bond donors (Lipinski definition) is 0. The van der Waals surface area contributed by atoms with E-state index in [9.17, 15) is 0 Å². The first-order valence-corrected chi connectivity index (χ1v) is 6.04. The smallest absolute Gasteiger partial charge is 0.225 e. The standard InChI is InChI=1S/C6H3Cl2N3S2/c1-12-6-9-2-3(7)10-5(8)11-4(2)13-6/h1H3. The molecule has 0 aromatic carbocycles. The van der Waals surface area contributed by atoms with Gasteiger partial charge in [-0.3, -0.25) is 0 Å². The lowest BCUT2D eigenvalue weighted by Crippen LogP contribution is -1.83. The third-order valence-electron chi connectivity index (χ3n) is 1.34. The fourth-order valence-electron chi connectivity index (χ4n) is 0.833. The Morgan fingerprint density at radius 1 is 1.23 bits per heavy atom. The monoisotopic (exact) mass is 251 g/mol. The van der Waals surface area contributed by atoms with E-state index in [4.69, 9.17) is 23.2 Å². The minimum Gasteiger partial charge on any atom is -0.225 e. The molecule has 2 aromatic rings. The van der Waals surface area contributed by atoms with Crippen LogP contribution in [0, 0.1) is 0 Å². The summed E-state index contributed by atoms with van der Waals surface area (Å²) in [6.45, 7) is 0. The molecule has 0 radical (unpaired) electrons. The molecule has 0 aliphatic heterocycles. The second-order valence-corrected chi connectivity index (χ2v) is 4.85. The highest BCUT2D eigenvalue weighted by molar-refractivity contribution is 8.00. The minimum atomic E-state index is 0.161. The molecular formula is C6H3Cl2N3S2. The van der Waals surface area contributed by atoms with E-state index in [2.05, 4.69) is 15.0 Å². The molecule has 3 nitrogen and oxygen atoms in total. The van der Waals surface area contributed by atoms with Crippen molar-refractivity contribution in [3.63, 3.8) is 0 Å². The fourth-order valence-corrected chi connectivity index (χ4v) is 2.79. The van der Waals surface area contributed by atoms with Crippen LogP contribution in [0.25, 0.3) is 10.3 Å². The summed E-state index contributed by atoms with van der Waals surface area (Å²) in [7, 11) is 0. The second kappa shape index (κ2) is 3.57. The summed E-state index contributed by atoms with van der Waals surface area (Å²) in [5.41, 5.74) is 0.625. The lowest BCUT2D eigenvalue weighted by atomic mass is 10.6. The summed E-state index contributed by atoms with van der Waals surface area (Å²) in [5.74, 6) is 0. The molecule has 0 N–H and O–H groups in total. The highest BCUT2D eigenvalue weighted by Crippen LogP contribution is 2.30. The largest absolute Gasteiger partial charge is 0.225 e. The van der Waals surface area contributed by atoms with Gasteiger partial charge >= 0.3 is 0 Å². The summed E-state index contributed by atoms with van der Waals surface area (Å²) in [5, 5.41) is 0.473. The molecule has 0 saturated heterocycles. The van der Waals surface area contributed by atoms with Crippen LogP contribution in [-0.4, -0.2) is 21.2 Å². The molecule has 0 unspecified atom stereocenters. The predicted octanol–water partition coefficient (Wildman–Crippen LogP) is 3.12. The average Bonchev–Trinajstić information content (AvgIpc) is 2.47. The van der Waals surface area contributed by atoms with Gasteiger partial charge in [-0.25, -0.2) is 15.0 Å². The van der Waals surface area contributed by atoms with Gasteiger partial charge in [-0.15, -0.1) is 0 Å². The first-order valence-electron chi connectivity index (χ1n) is 3.24. The lowest BCUT2D eigenvalue weighted by molar-refractivity contribution is 1.20. The van der Waals surface area contributed by atoms with Crippen molar-refractivity contribution in [3.8, 4) is 0 Å². The molecule has 2 rings (SSSR count). The molecule has 13 heavy (non-hydrogen) atoms. The molecule has 0 spiro atoms. The summed E-state index contributed by atoms with van der Waals surface area (Å²) < 4.78 is 0.911. The van der Waals surface area contributed by atoms with Crippen LogP contribution in [0.4, 0.5) is 0 Å². The summed E-state index contributed by atoms with van der Waals surface area (Å²) in [6.07, 6.45) is 1.95. The van der Waals surface area contributed by atoms with Crippen molar-refractivity contribution in [2.45, 2.75) is 4.34 Å². The molecule has 2 aromatic heterocycles. The van der Waals surface area contributed by atoms with Crippen molar-refractivity contribution in [1.29, 1.82) is 0 Å². The van der Waals surface area contributed by atoms with Gasteiger partial charge in [0, 0.05) is 0 Å². The van der Waals surface area contributed by atoms with Gasteiger partial charge < -0.3 is 0 Å². The summed E-state index contributed by atoms with van der Waals surface area (Å²) in [6, 6.07) is 0. The van der Waals surface area contributed by atoms with E-state index < -0.39 is 0 Å². The zero-order chi connectivity index (χ0) is 9.42. The van der Waals surface area contributed by atoms with Crippen LogP contribution in [-0.2, 0) is 0 Å². The number of hydrogen-bond acceptors (Lipinski definition) is 5. The van der Waals surface area contributed by atoms with E-state index in [1.807, 2.05) is 6.26 Å². The van der Waals surface area contributed by atoms with Gasteiger partial charge in [0.1, 0.15) is 5.52 Å². The summed E-state index contributed by atoms with van der Waals surface area (Å²) >= 11 is 14.5. The Hall–Kier alpha value is -0.100. The maximum absolute atomic E-state index is 5.83. The maximum Gasteiger partial charge on any atom is 0.225 e. The number of nitrogens with zero attached hydrogens (tertiary/aromatic N) is 3. The summed E-state index contributed by atoms with van der Waals surface area (Å²) in [4.78, 5) is 12.8. The van der Waals surface area contributed by atoms with E-state index in [0.29, 0.717) is 10.7 Å². The van der Waals surface area contributed by atoms with Gasteiger partial charge in [-0.05, 0) is 17.9 Å². The molecule has 0 saturated carbocycles. The Kier molecular flexibility index (Phi) is 2.60. The van der Waals surface area contributed by atoms with E-state index >= 15 is 0 Å². The zero-order valence-corrected chi connectivity index (χ0v) is 9.56. The van der Waals surface area contributed by atoms with Crippen LogP contribution in [0.15, 0.2) is 4.34 Å². The van der Waals surface area contributed by atoms with Gasteiger partial charge in [0.05, 0.1) is 0 Å². The van der Waals surface area contributed by atoms with Crippen molar-refractivity contribution >= 4 is 56.6 Å². The van der Waals surface area contributed by atoms with E-state index in [0.717, 1.165) is 9.17 Å². The highest BCUT2D eigenvalue weighted by atomic mass is 35.5. The van der Waals surface area contributed by atoms with Crippen LogP contribution in [0.1, 0.15) is 0 Å². The molecular weight excluding hydrogens is 249 g/mol. The van der Waals surface area contributed by atoms with Gasteiger partial charge in [0.25, 0.3) is 0 Å². The van der Waals surface area contributed by atoms with Crippen LogP contribution < -0.4 is 0 Å². The third kappa shape index (κ3) is 1.74. The van der Waals surface area contributed by atoms with Crippen LogP contribution in [0.5, 0.6) is 0 Å². The molecule has 0 bridgehead atoms. The Morgan fingerprint density at radius 2 is 2.00 bits per heavy atom. The first-order chi connectivity index (χ1) is 6.20. The lowest BCUT2D eigenvalue weighted by Gasteiger charge is -1.90. The quantitative estimate of drug-likeness (QED) is 0.444. The third-order valence-corrected chi connectivity index (χ3v) is 3.71. The number of aromatic nitrogens is 3. The number of fused-ring (bicyclic) bond motifs is 1. The number of thiazole rings is 1. The van der Waals surface area contributed by atoms with E-state index in [-0.39, 0.29) is 5.28 Å².